The first-order valence-electron chi connectivity index (χ1n) is 8.29. The second-order valence-electron chi connectivity index (χ2n) is 5.52. The summed E-state index contributed by atoms with van der Waals surface area (Å²) < 4.78 is 12.1. The molecule has 4 aromatic rings. The molecule has 3 aromatic heterocycles. The van der Waals surface area contributed by atoms with Gasteiger partial charge in [0.15, 0.2) is 4.34 Å². The van der Waals surface area contributed by atoms with E-state index in [2.05, 4.69) is 30.9 Å². The first-order valence-corrected chi connectivity index (χ1v) is 10.1. The molecule has 0 radical (unpaired) electrons. The Morgan fingerprint density at radius 3 is 2.78 bits per heavy atom. The van der Waals surface area contributed by atoms with Crippen molar-refractivity contribution in [3.63, 3.8) is 0 Å². The fourth-order valence-electron chi connectivity index (χ4n) is 2.44. The number of benzene rings is 1. The van der Waals surface area contributed by atoms with Gasteiger partial charge in [-0.05, 0) is 13.8 Å². The number of aryl methyl sites for hydroxylation is 1. The summed E-state index contributed by atoms with van der Waals surface area (Å²) in [7, 11) is 0. The van der Waals surface area contributed by atoms with Gasteiger partial charge in [-0.3, -0.25) is 0 Å². The Morgan fingerprint density at radius 2 is 1.96 bits per heavy atom. The van der Waals surface area contributed by atoms with E-state index in [1.807, 2.05) is 44.2 Å². The van der Waals surface area contributed by atoms with Crippen molar-refractivity contribution in [1.82, 2.24) is 25.6 Å². The molecule has 3 heterocycles. The van der Waals surface area contributed by atoms with Crippen LogP contribution in [0.1, 0.15) is 18.6 Å². The van der Waals surface area contributed by atoms with Gasteiger partial charge in [-0.25, -0.2) is 0 Å². The van der Waals surface area contributed by atoms with Gasteiger partial charge >= 0.3 is 0 Å². The van der Waals surface area contributed by atoms with Crippen molar-refractivity contribution in [3.8, 4) is 22.7 Å². The summed E-state index contributed by atoms with van der Waals surface area (Å²) in [6.07, 6.45) is 0. The van der Waals surface area contributed by atoms with E-state index in [1.165, 1.54) is 23.1 Å². The minimum atomic E-state index is 0.397. The lowest BCUT2D eigenvalue weighted by atomic mass is 10.1. The second kappa shape index (κ2) is 7.89. The molecule has 1 N–H and O–H groups in total. The Bertz CT molecular complexity index is 1030. The Kier molecular flexibility index (Phi) is 5.16. The highest BCUT2D eigenvalue weighted by Crippen LogP contribution is 2.34. The zero-order valence-electron chi connectivity index (χ0n) is 14.7. The average Bonchev–Trinajstić information content (AvgIpc) is 3.41. The molecule has 0 saturated heterocycles. The minimum absolute atomic E-state index is 0.397. The molecule has 0 spiro atoms. The van der Waals surface area contributed by atoms with Gasteiger partial charge in [0.05, 0.1) is 5.75 Å². The molecule has 0 aliphatic carbocycles. The van der Waals surface area contributed by atoms with Crippen LogP contribution in [0.3, 0.4) is 0 Å². The summed E-state index contributed by atoms with van der Waals surface area (Å²) in [5, 5.41) is 24.6. The number of rotatable bonds is 7. The third-order valence-electron chi connectivity index (χ3n) is 3.64. The first kappa shape index (κ1) is 17.7. The van der Waals surface area contributed by atoms with Gasteiger partial charge < -0.3 is 14.3 Å². The maximum absolute atomic E-state index is 5.84. The number of hydrogen-bond donors (Lipinski definition) is 1. The Hall–Kier alpha value is -2.72. The van der Waals surface area contributed by atoms with Crippen molar-refractivity contribution in [3.05, 3.63) is 42.0 Å². The van der Waals surface area contributed by atoms with Gasteiger partial charge in [0.1, 0.15) is 17.0 Å². The van der Waals surface area contributed by atoms with Crippen molar-refractivity contribution in [2.75, 3.05) is 11.9 Å². The largest absolute Gasteiger partial charge is 0.420 e. The van der Waals surface area contributed by atoms with Crippen molar-refractivity contribution >= 4 is 28.2 Å². The highest BCUT2D eigenvalue weighted by atomic mass is 32.2. The van der Waals surface area contributed by atoms with Crippen molar-refractivity contribution in [2.45, 2.75) is 23.9 Å². The molecule has 138 valence electrons. The Labute approximate surface area is 163 Å². The van der Waals surface area contributed by atoms with Crippen LogP contribution < -0.4 is 5.32 Å². The summed E-state index contributed by atoms with van der Waals surface area (Å²) in [6.45, 7) is 4.66. The highest BCUT2D eigenvalue weighted by molar-refractivity contribution is 8.00. The van der Waals surface area contributed by atoms with Crippen molar-refractivity contribution < 1.29 is 8.94 Å². The van der Waals surface area contributed by atoms with Gasteiger partial charge in [-0.15, -0.1) is 20.4 Å². The average molecular weight is 400 g/mol. The summed E-state index contributed by atoms with van der Waals surface area (Å²) in [4.78, 5) is 0. The van der Waals surface area contributed by atoms with Crippen LogP contribution in [0.25, 0.3) is 22.7 Å². The molecule has 0 unspecified atom stereocenters. The van der Waals surface area contributed by atoms with Crippen LogP contribution in [0, 0.1) is 6.92 Å². The zero-order chi connectivity index (χ0) is 18.6. The van der Waals surface area contributed by atoms with E-state index in [-0.39, 0.29) is 0 Å². The zero-order valence-corrected chi connectivity index (χ0v) is 16.3. The van der Waals surface area contributed by atoms with Crippen LogP contribution in [0.5, 0.6) is 0 Å². The monoisotopic (exact) mass is 400 g/mol. The summed E-state index contributed by atoms with van der Waals surface area (Å²) in [6, 6.07) is 9.77. The minimum Gasteiger partial charge on any atom is -0.420 e. The number of hydrogen-bond acceptors (Lipinski definition) is 10. The lowest BCUT2D eigenvalue weighted by Crippen LogP contribution is -1.94. The Morgan fingerprint density at radius 1 is 1.11 bits per heavy atom. The van der Waals surface area contributed by atoms with E-state index in [0.29, 0.717) is 29.0 Å². The van der Waals surface area contributed by atoms with Gasteiger partial charge in [0, 0.05) is 12.1 Å². The maximum Gasteiger partial charge on any atom is 0.253 e. The third kappa shape index (κ3) is 3.86. The van der Waals surface area contributed by atoms with Crippen LogP contribution in [-0.4, -0.2) is 32.1 Å². The molecule has 0 atom stereocenters. The number of aromatic nitrogens is 5. The predicted molar refractivity (Wildman–Crippen MR) is 104 cm³/mol. The van der Waals surface area contributed by atoms with E-state index in [9.17, 15) is 0 Å². The second-order valence-corrected chi connectivity index (χ2v) is 7.72. The molecule has 0 amide bonds. The molecule has 4 rings (SSSR count). The molecule has 1 aromatic carbocycles. The van der Waals surface area contributed by atoms with Crippen LogP contribution in [0.2, 0.25) is 0 Å². The van der Waals surface area contributed by atoms with Crippen molar-refractivity contribution in [1.29, 1.82) is 0 Å². The van der Waals surface area contributed by atoms with Crippen LogP contribution >= 0.6 is 23.1 Å². The highest BCUT2D eigenvalue weighted by Gasteiger charge is 2.22. The SMILES string of the molecule is CCNc1nnc(SCc2nnc(-c3c(-c4ccccc4)noc3C)o2)s1. The molecule has 0 bridgehead atoms. The normalized spacial score (nSPS) is 11.0. The third-order valence-corrected chi connectivity index (χ3v) is 5.64. The lowest BCUT2D eigenvalue weighted by Gasteiger charge is -1.98. The Balaban J connectivity index is 1.52. The molecule has 0 fully saturated rings. The fraction of sp³-hybridized carbons (Fsp3) is 0.235. The van der Waals surface area contributed by atoms with Gasteiger partial charge in [0.25, 0.3) is 5.89 Å². The standard InChI is InChI=1S/C17H16N6O2S2/c1-3-18-16-21-22-17(27-16)26-9-12-19-20-15(24-12)13-10(2)25-23-14(13)11-7-5-4-6-8-11/h4-8H,3,9H2,1-2H3,(H,18,21). The van der Waals surface area contributed by atoms with E-state index < -0.39 is 0 Å². The predicted octanol–water partition coefficient (Wildman–Crippen LogP) is 4.28. The van der Waals surface area contributed by atoms with Crippen LogP contribution in [-0.2, 0) is 5.75 Å². The van der Waals surface area contributed by atoms with Crippen molar-refractivity contribution in [2.24, 2.45) is 0 Å². The molecular formula is C17H16N6O2S2. The van der Waals surface area contributed by atoms with E-state index >= 15 is 0 Å². The van der Waals surface area contributed by atoms with Gasteiger partial charge in [-0.1, -0.05) is 58.6 Å². The van der Waals surface area contributed by atoms with E-state index in [1.54, 1.807) is 0 Å². The molecule has 8 nitrogen and oxygen atoms in total. The number of thioether (sulfide) groups is 1. The fourth-order valence-corrected chi connectivity index (χ4v) is 4.10. The maximum atomic E-state index is 5.84. The van der Waals surface area contributed by atoms with Crippen LogP contribution in [0.15, 0.2) is 43.6 Å². The summed E-state index contributed by atoms with van der Waals surface area (Å²) in [5.41, 5.74) is 2.34. The first-order chi connectivity index (χ1) is 13.2. The molecule has 27 heavy (non-hydrogen) atoms. The van der Waals surface area contributed by atoms with E-state index in [4.69, 9.17) is 8.94 Å². The molecule has 0 aliphatic rings. The number of anilines is 1. The number of nitrogens with one attached hydrogen (secondary N) is 1. The van der Waals surface area contributed by atoms with Gasteiger partial charge in [0.2, 0.25) is 11.0 Å². The number of nitrogens with zero attached hydrogens (tertiary/aromatic N) is 5. The van der Waals surface area contributed by atoms with Gasteiger partial charge in [-0.2, -0.15) is 0 Å². The van der Waals surface area contributed by atoms with E-state index in [0.717, 1.165) is 27.1 Å². The lowest BCUT2D eigenvalue weighted by molar-refractivity contribution is 0.399. The van der Waals surface area contributed by atoms with Crippen LogP contribution in [0.4, 0.5) is 5.13 Å². The smallest absolute Gasteiger partial charge is 0.253 e. The molecular weight excluding hydrogens is 384 g/mol. The quantitative estimate of drug-likeness (QED) is 0.455. The molecule has 0 aliphatic heterocycles. The molecule has 10 heteroatoms. The summed E-state index contributed by atoms with van der Waals surface area (Å²) >= 11 is 3.00. The summed E-state index contributed by atoms with van der Waals surface area (Å²) in [5.74, 6) is 2.05. The molecule has 0 saturated carbocycles. The topological polar surface area (TPSA) is 103 Å².